The molecule has 0 aromatic rings. The summed E-state index contributed by atoms with van der Waals surface area (Å²) in [4.78, 5) is 42.2. The number of ether oxygens (including phenoxy) is 2. The van der Waals surface area contributed by atoms with Crippen LogP contribution in [0.1, 0.15) is 110 Å². The molecule has 1 atom stereocenters. The second kappa shape index (κ2) is 27.9. The lowest BCUT2D eigenvalue weighted by Gasteiger charge is -2.18. The number of unbranched alkanes of at least 4 members (excludes halogenated alkanes) is 7. The summed E-state index contributed by atoms with van der Waals surface area (Å²) in [7, 11) is -4.76. The quantitative estimate of drug-likeness (QED) is 0.0444. The Hall–Kier alpha value is -2.25. The highest BCUT2D eigenvalue weighted by molar-refractivity contribution is 7.46. The van der Waals surface area contributed by atoms with Gasteiger partial charge in [-0.05, 0) is 38.5 Å². The fraction of sp³-hybridized carbons (Fsp3) is 0.625. The van der Waals surface area contributed by atoms with Crippen LogP contribution in [0.3, 0.4) is 0 Å². The monoisotopic (exact) mass is 596 g/mol. The van der Waals surface area contributed by atoms with Gasteiger partial charge in [-0.2, -0.15) is 0 Å². The van der Waals surface area contributed by atoms with E-state index in [1.54, 1.807) is 6.08 Å². The van der Waals surface area contributed by atoms with Gasteiger partial charge in [0.05, 0.1) is 13.0 Å². The Labute approximate surface area is 247 Å². The van der Waals surface area contributed by atoms with E-state index in [0.717, 1.165) is 44.9 Å². The average Bonchev–Trinajstić information content (AvgIpc) is 2.93. The summed E-state index contributed by atoms with van der Waals surface area (Å²) >= 11 is 0. The molecule has 0 spiro atoms. The summed E-state index contributed by atoms with van der Waals surface area (Å²) in [6, 6.07) is 0. The zero-order valence-electron chi connectivity index (χ0n) is 25.2. The minimum Gasteiger partial charge on any atom is -0.462 e. The number of hydrogen-bond acceptors (Lipinski definition) is 6. The van der Waals surface area contributed by atoms with Crippen LogP contribution in [-0.4, -0.2) is 41.0 Å². The number of allylic oxidation sites excluding steroid dienone is 9. The van der Waals surface area contributed by atoms with Crippen LogP contribution in [0.25, 0.3) is 0 Å². The Morgan fingerprint density at radius 1 is 0.659 bits per heavy atom. The predicted octanol–water partition coefficient (Wildman–Crippen LogP) is 8.22. The average molecular weight is 597 g/mol. The molecule has 2 N–H and O–H groups in total. The summed E-state index contributed by atoms with van der Waals surface area (Å²) in [5.41, 5.74) is 0. The van der Waals surface area contributed by atoms with E-state index in [1.165, 1.54) is 25.7 Å². The molecule has 0 saturated carbocycles. The SMILES string of the molecule is CC/C=C\C/C=C\C/C=C\C/C=C\C/C=C\CC(=O)OC(COC(=O)CCCCCCCCCC)COP(=O)(O)O. The van der Waals surface area contributed by atoms with Crippen molar-refractivity contribution in [2.45, 2.75) is 116 Å². The summed E-state index contributed by atoms with van der Waals surface area (Å²) in [5.74, 6) is -1.05. The van der Waals surface area contributed by atoms with Gasteiger partial charge in [-0.25, -0.2) is 4.57 Å². The molecular formula is C32H53O8P. The van der Waals surface area contributed by atoms with Crippen LogP contribution in [0, 0.1) is 0 Å². The fourth-order valence-corrected chi connectivity index (χ4v) is 3.98. The number of carbonyl (C=O) groups is 2. The van der Waals surface area contributed by atoms with E-state index in [0.29, 0.717) is 12.8 Å². The first-order valence-corrected chi connectivity index (χ1v) is 16.6. The Kier molecular flexibility index (Phi) is 26.4. The molecule has 9 heteroatoms. The Morgan fingerprint density at radius 2 is 1.15 bits per heavy atom. The van der Waals surface area contributed by atoms with E-state index in [-0.39, 0.29) is 19.4 Å². The van der Waals surface area contributed by atoms with E-state index in [4.69, 9.17) is 19.3 Å². The first-order chi connectivity index (χ1) is 19.8. The Morgan fingerprint density at radius 3 is 1.66 bits per heavy atom. The van der Waals surface area contributed by atoms with E-state index in [1.807, 2.05) is 18.2 Å². The van der Waals surface area contributed by atoms with Gasteiger partial charge >= 0.3 is 19.8 Å². The molecule has 0 rings (SSSR count). The maximum Gasteiger partial charge on any atom is 0.469 e. The Bertz CT molecular complexity index is 854. The lowest BCUT2D eigenvalue weighted by atomic mass is 10.1. The molecule has 8 nitrogen and oxygen atoms in total. The molecule has 0 aliphatic rings. The molecule has 0 aromatic carbocycles. The number of phosphoric ester groups is 1. The van der Waals surface area contributed by atoms with Gasteiger partial charge in [0.15, 0.2) is 6.10 Å². The molecule has 41 heavy (non-hydrogen) atoms. The van der Waals surface area contributed by atoms with Gasteiger partial charge in [-0.3, -0.25) is 14.1 Å². The van der Waals surface area contributed by atoms with Crippen LogP contribution in [-0.2, 0) is 28.2 Å². The van der Waals surface area contributed by atoms with Crippen LogP contribution >= 0.6 is 7.82 Å². The van der Waals surface area contributed by atoms with E-state index in [2.05, 4.69) is 54.8 Å². The molecule has 0 bridgehead atoms. The van der Waals surface area contributed by atoms with Crippen molar-refractivity contribution >= 4 is 19.8 Å². The largest absolute Gasteiger partial charge is 0.469 e. The number of rotatable bonds is 26. The fourth-order valence-electron chi connectivity index (χ4n) is 3.62. The van der Waals surface area contributed by atoms with Crippen LogP contribution in [0.5, 0.6) is 0 Å². The highest BCUT2D eigenvalue weighted by atomic mass is 31.2. The molecule has 234 valence electrons. The highest BCUT2D eigenvalue weighted by Crippen LogP contribution is 2.35. The van der Waals surface area contributed by atoms with Gasteiger partial charge < -0.3 is 19.3 Å². The van der Waals surface area contributed by atoms with Crippen LogP contribution < -0.4 is 0 Å². The molecule has 0 saturated heterocycles. The van der Waals surface area contributed by atoms with Crippen molar-refractivity contribution in [1.29, 1.82) is 0 Å². The third-order valence-electron chi connectivity index (χ3n) is 5.83. The van der Waals surface area contributed by atoms with Crippen LogP contribution in [0.4, 0.5) is 0 Å². The zero-order valence-corrected chi connectivity index (χ0v) is 26.1. The van der Waals surface area contributed by atoms with Gasteiger partial charge in [0.25, 0.3) is 0 Å². The van der Waals surface area contributed by atoms with Gasteiger partial charge in [-0.1, -0.05) is 120 Å². The van der Waals surface area contributed by atoms with E-state index < -0.39 is 32.5 Å². The van der Waals surface area contributed by atoms with Gasteiger partial charge in [-0.15, -0.1) is 0 Å². The number of phosphoric acid groups is 1. The summed E-state index contributed by atoms with van der Waals surface area (Å²) in [6.07, 6.45) is 32.7. The van der Waals surface area contributed by atoms with Gasteiger partial charge in [0.1, 0.15) is 6.61 Å². The molecule has 0 fully saturated rings. The number of hydrogen-bond donors (Lipinski definition) is 2. The Balaban J connectivity index is 4.26. The lowest BCUT2D eigenvalue weighted by molar-refractivity contribution is -0.160. The van der Waals surface area contributed by atoms with Crippen molar-refractivity contribution < 1.29 is 37.9 Å². The minimum absolute atomic E-state index is 0.0217. The minimum atomic E-state index is -4.76. The van der Waals surface area contributed by atoms with Gasteiger partial charge in [0, 0.05) is 6.42 Å². The van der Waals surface area contributed by atoms with Crippen LogP contribution in [0.2, 0.25) is 0 Å². The first kappa shape index (κ1) is 38.8. The van der Waals surface area contributed by atoms with Crippen molar-refractivity contribution in [3.05, 3.63) is 60.8 Å². The van der Waals surface area contributed by atoms with Crippen molar-refractivity contribution in [2.75, 3.05) is 13.2 Å². The molecule has 0 heterocycles. The normalized spacial score (nSPS) is 13.4. The molecular weight excluding hydrogens is 543 g/mol. The van der Waals surface area contributed by atoms with Crippen molar-refractivity contribution in [1.82, 2.24) is 0 Å². The van der Waals surface area contributed by atoms with Crippen molar-refractivity contribution in [2.24, 2.45) is 0 Å². The molecule has 0 aromatic heterocycles. The summed E-state index contributed by atoms with van der Waals surface area (Å²) < 4.78 is 25.9. The number of carbonyl (C=O) groups excluding carboxylic acids is 2. The van der Waals surface area contributed by atoms with Crippen LogP contribution in [0.15, 0.2) is 60.8 Å². The molecule has 0 radical (unpaired) electrons. The topological polar surface area (TPSA) is 119 Å². The zero-order chi connectivity index (χ0) is 30.4. The second-order valence-corrected chi connectivity index (χ2v) is 11.0. The van der Waals surface area contributed by atoms with Crippen molar-refractivity contribution in [3.63, 3.8) is 0 Å². The maximum absolute atomic E-state index is 12.2. The summed E-state index contributed by atoms with van der Waals surface area (Å²) in [6.45, 7) is 3.40. The molecule has 0 amide bonds. The standard InChI is InChI=1S/C32H53O8P/c1-3-5-7-9-11-13-14-15-16-17-18-19-21-23-25-27-32(34)40-30(29-39-41(35,36)37)28-38-31(33)26-24-22-20-12-10-8-6-4-2/h5,7,11,13,15-16,18-19,23,25,30H,3-4,6,8-10,12,14,17,20-22,24,26-29H2,1-2H3,(H2,35,36,37)/b7-5-,13-11-,16-15-,19-18-,25-23-. The molecule has 1 unspecified atom stereocenters. The van der Waals surface area contributed by atoms with E-state index in [9.17, 15) is 14.2 Å². The smallest absolute Gasteiger partial charge is 0.462 e. The summed E-state index contributed by atoms with van der Waals surface area (Å²) in [5, 5.41) is 0. The third kappa shape index (κ3) is 30.5. The highest BCUT2D eigenvalue weighted by Gasteiger charge is 2.22. The van der Waals surface area contributed by atoms with Crippen molar-refractivity contribution in [3.8, 4) is 0 Å². The molecule has 0 aliphatic carbocycles. The number of esters is 2. The van der Waals surface area contributed by atoms with Gasteiger partial charge in [0.2, 0.25) is 0 Å². The molecule has 0 aliphatic heterocycles. The maximum atomic E-state index is 12.2. The lowest BCUT2D eigenvalue weighted by Crippen LogP contribution is -2.29. The van der Waals surface area contributed by atoms with E-state index >= 15 is 0 Å². The predicted molar refractivity (Wildman–Crippen MR) is 165 cm³/mol. The first-order valence-electron chi connectivity index (χ1n) is 15.1. The third-order valence-corrected chi connectivity index (χ3v) is 6.32. The second-order valence-electron chi connectivity index (χ2n) is 9.72.